The van der Waals surface area contributed by atoms with E-state index < -0.39 is 23.7 Å². The van der Waals surface area contributed by atoms with Crippen molar-refractivity contribution in [2.75, 3.05) is 11.5 Å². The molecular weight excluding hydrogens is 459 g/mol. The smallest absolute Gasteiger partial charge is 0.350 e. The van der Waals surface area contributed by atoms with Crippen molar-refractivity contribution >= 4 is 34.1 Å². The molecule has 178 valence electrons. The topological polar surface area (TPSA) is 85.8 Å². The molecule has 7 nitrogen and oxygen atoms in total. The zero-order valence-electron chi connectivity index (χ0n) is 19.2. The van der Waals surface area contributed by atoms with Gasteiger partial charge in [0.25, 0.3) is 5.91 Å². The number of benzene rings is 1. The van der Waals surface area contributed by atoms with Crippen LogP contribution in [0.3, 0.4) is 0 Å². The Labute approximate surface area is 200 Å². The number of aromatic nitrogens is 1. The molecule has 1 amide bonds. The molecule has 4 unspecified atom stereocenters. The molecule has 0 bridgehead atoms. The lowest BCUT2D eigenvalue weighted by Gasteiger charge is -2.37. The summed E-state index contributed by atoms with van der Waals surface area (Å²) in [7, 11) is 0. The van der Waals surface area contributed by atoms with Crippen LogP contribution in [0, 0.1) is 24.6 Å². The number of hydrogen-bond donors (Lipinski definition) is 0. The lowest BCUT2D eigenvalue weighted by molar-refractivity contribution is -0.132. The molecule has 1 aliphatic carbocycles. The van der Waals surface area contributed by atoms with Crippen molar-refractivity contribution in [3.05, 3.63) is 57.5 Å². The van der Waals surface area contributed by atoms with Crippen molar-refractivity contribution in [3.63, 3.8) is 0 Å². The fourth-order valence-electron chi connectivity index (χ4n) is 5.14. The van der Waals surface area contributed by atoms with Gasteiger partial charge in [0.15, 0.2) is 16.7 Å². The first-order chi connectivity index (χ1) is 16.3. The normalized spacial score (nSPS) is 26.3. The van der Waals surface area contributed by atoms with Gasteiger partial charge in [-0.1, -0.05) is 36.5 Å². The van der Waals surface area contributed by atoms with Crippen LogP contribution in [0.15, 0.2) is 35.6 Å². The van der Waals surface area contributed by atoms with Gasteiger partial charge in [-0.2, -0.15) is 0 Å². The maximum atomic E-state index is 15.0. The molecule has 1 aromatic carbocycles. The van der Waals surface area contributed by atoms with Gasteiger partial charge in [-0.15, -0.1) is 0 Å². The first-order valence-corrected chi connectivity index (χ1v) is 12.3. The summed E-state index contributed by atoms with van der Waals surface area (Å²) in [6, 6.07) is 5.06. The van der Waals surface area contributed by atoms with E-state index >= 15 is 4.39 Å². The van der Waals surface area contributed by atoms with Gasteiger partial charge in [0.2, 0.25) is 0 Å². The van der Waals surface area contributed by atoms with Crippen LogP contribution < -0.4 is 4.90 Å². The van der Waals surface area contributed by atoms with E-state index in [9.17, 15) is 14.4 Å². The molecule has 34 heavy (non-hydrogen) atoms. The van der Waals surface area contributed by atoms with Crippen LogP contribution in [0.4, 0.5) is 9.52 Å². The number of rotatable bonds is 4. The Balaban J connectivity index is 1.63. The number of fused-ring (bicyclic) bond motifs is 1. The van der Waals surface area contributed by atoms with Crippen molar-refractivity contribution < 1.29 is 28.2 Å². The molecule has 2 aliphatic heterocycles. The van der Waals surface area contributed by atoms with Gasteiger partial charge in [-0.3, -0.25) is 14.5 Å². The average Bonchev–Trinajstić information content (AvgIpc) is 3.32. The van der Waals surface area contributed by atoms with Crippen molar-refractivity contribution in [2.45, 2.75) is 52.2 Å². The number of carbonyl (C=O) groups is 3. The molecule has 0 N–H and O–H groups in total. The highest BCUT2D eigenvalue weighted by molar-refractivity contribution is 7.17. The van der Waals surface area contributed by atoms with E-state index in [1.807, 2.05) is 0 Å². The summed E-state index contributed by atoms with van der Waals surface area (Å²) in [4.78, 5) is 45.8. The van der Waals surface area contributed by atoms with Gasteiger partial charge >= 0.3 is 5.97 Å². The van der Waals surface area contributed by atoms with E-state index in [1.165, 1.54) is 11.0 Å². The highest BCUT2D eigenvalue weighted by atomic mass is 32.1. The first kappa shape index (κ1) is 22.7. The monoisotopic (exact) mass is 484 g/mol. The number of ketones is 1. The number of nitrogens with zero attached hydrogens (tertiary/aromatic N) is 2. The highest BCUT2D eigenvalue weighted by Gasteiger charge is 2.54. The molecule has 3 aliphatic rings. The highest BCUT2D eigenvalue weighted by Crippen LogP contribution is 2.50. The lowest BCUT2D eigenvalue weighted by Crippen LogP contribution is -2.41. The van der Waals surface area contributed by atoms with Crippen LogP contribution in [0.5, 0.6) is 0 Å². The van der Waals surface area contributed by atoms with Crippen molar-refractivity contribution in [3.8, 4) is 0 Å². The van der Waals surface area contributed by atoms with Crippen LogP contribution in [0.2, 0.25) is 0 Å². The van der Waals surface area contributed by atoms with E-state index in [1.54, 1.807) is 32.0 Å². The first-order valence-electron chi connectivity index (χ1n) is 11.5. The molecule has 0 saturated heterocycles. The Bertz CT molecular complexity index is 1220. The summed E-state index contributed by atoms with van der Waals surface area (Å²) in [6.07, 6.45) is 1.91. The Morgan fingerprint density at radius 1 is 1.29 bits per heavy atom. The largest absolute Gasteiger partial charge is 0.483 e. The standard InChI is InChI=1S/C25H25FN2O5S/c1-4-32-24(31)22-13(3)27-25(34-22)28-19(14-7-5-6-8-16(14)26)18-20(29)15-11-12(2)9-10-17(15)33-21(18)23(28)30/h5-8,12,15,17,19H,4,9-11H2,1-3H3. The molecule has 1 aromatic heterocycles. The van der Waals surface area contributed by atoms with Gasteiger partial charge in [-0.05, 0) is 45.1 Å². The second-order valence-electron chi connectivity index (χ2n) is 9.02. The van der Waals surface area contributed by atoms with E-state index in [-0.39, 0.29) is 51.3 Å². The van der Waals surface area contributed by atoms with E-state index in [2.05, 4.69) is 11.9 Å². The average molecular weight is 485 g/mol. The van der Waals surface area contributed by atoms with Crippen LogP contribution in [0.25, 0.3) is 0 Å². The number of carbonyl (C=O) groups excluding carboxylic acids is 3. The minimum absolute atomic E-state index is 0.0282. The van der Waals surface area contributed by atoms with Crippen molar-refractivity contribution in [2.24, 2.45) is 11.8 Å². The third kappa shape index (κ3) is 3.53. The van der Waals surface area contributed by atoms with E-state index in [4.69, 9.17) is 9.47 Å². The zero-order chi connectivity index (χ0) is 24.1. The molecule has 3 heterocycles. The fourth-order valence-corrected chi connectivity index (χ4v) is 6.12. The van der Waals surface area contributed by atoms with Crippen molar-refractivity contribution in [1.82, 2.24) is 4.98 Å². The summed E-state index contributed by atoms with van der Waals surface area (Å²) in [5, 5.41) is 0.195. The van der Waals surface area contributed by atoms with E-state index in [0.29, 0.717) is 24.5 Å². The SMILES string of the molecule is CCOC(=O)c1sc(N2C(=O)C3=C(C(=O)C4CC(C)CCC4O3)C2c2ccccc2F)nc1C. The summed E-state index contributed by atoms with van der Waals surface area (Å²) in [5.41, 5.74) is 0.764. The third-order valence-electron chi connectivity index (χ3n) is 6.76. The number of hydrogen-bond acceptors (Lipinski definition) is 7. The molecule has 0 spiro atoms. The number of amides is 1. The van der Waals surface area contributed by atoms with Gasteiger partial charge in [0.05, 0.1) is 23.8 Å². The van der Waals surface area contributed by atoms with Crippen LogP contribution >= 0.6 is 11.3 Å². The predicted molar refractivity (Wildman–Crippen MR) is 123 cm³/mol. The Hall–Kier alpha value is -3.07. The second-order valence-corrected chi connectivity index (χ2v) is 10.00. The van der Waals surface area contributed by atoms with Crippen LogP contribution in [0.1, 0.15) is 60.1 Å². The second kappa shape index (κ2) is 8.61. The molecule has 9 heteroatoms. The van der Waals surface area contributed by atoms with Gasteiger partial charge < -0.3 is 9.47 Å². The summed E-state index contributed by atoms with van der Waals surface area (Å²) in [5.74, 6) is -1.81. The number of halogens is 1. The molecule has 5 rings (SSSR count). The number of ether oxygens (including phenoxy) is 2. The number of aryl methyl sites for hydroxylation is 1. The summed E-state index contributed by atoms with van der Waals surface area (Å²) < 4.78 is 26.3. The molecule has 4 atom stereocenters. The van der Waals surface area contributed by atoms with Crippen LogP contribution in [-0.4, -0.2) is 35.4 Å². The number of thiazole rings is 1. The molecule has 2 aromatic rings. The number of anilines is 1. The zero-order valence-corrected chi connectivity index (χ0v) is 20.0. The number of Topliss-reactive ketones (excluding diaryl/α,β-unsaturated/α-hetero) is 1. The summed E-state index contributed by atoms with van der Waals surface area (Å²) in [6.45, 7) is 5.65. The maximum Gasteiger partial charge on any atom is 0.350 e. The molecule has 0 radical (unpaired) electrons. The van der Waals surface area contributed by atoms with Gasteiger partial charge in [0.1, 0.15) is 22.8 Å². The Kier molecular flexibility index (Phi) is 5.75. The minimum Gasteiger partial charge on any atom is -0.483 e. The van der Waals surface area contributed by atoms with Gasteiger partial charge in [0, 0.05) is 5.56 Å². The maximum absolute atomic E-state index is 15.0. The lowest BCUT2D eigenvalue weighted by atomic mass is 9.74. The van der Waals surface area contributed by atoms with Gasteiger partial charge in [-0.25, -0.2) is 14.2 Å². The Morgan fingerprint density at radius 3 is 2.79 bits per heavy atom. The molecular formula is C25H25FN2O5S. The quantitative estimate of drug-likeness (QED) is 0.594. The fraction of sp³-hybridized carbons (Fsp3) is 0.440. The van der Waals surface area contributed by atoms with Crippen LogP contribution in [-0.2, 0) is 19.1 Å². The van der Waals surface area contributed by atoms with E-state index in [0.717, 1.165) is 17.8 Å². The third-order valence-corrected chi connectivity index (χ3v) is 7.90. The Morgan fingerprint density at radius 2 is 2.06 bits per heavy atom. The summed E-state index contributed by atoms with van der Waals surface area (Å²) >= 11 is 0.989. The molecule has 1 fully saturated rings. The number of esters is 1. The predicted octanol–water partition coefficient (Wildman–Crippen LogP) is 4.51. The molecule has 1 saturated carbocycles. The minimum atomic E-state index is -1.02. The van der Waals surface area contributed by atoms with Crippen molar-refractivity contribution in [1.29, 1.82) is 0 Å².